The molecule has 0 aliphatic carbocycles. The van der Waals surface area contributed by atoms with Gasteiger partial charge in [0.05, 0.1) is 0 Å². The van der Waals surface area contributed by atoms with Crippen LogP contribution >= 0.6 is 0 Å². The fourth-order valence-electron chi connectivity index (χ4n) is 1.91. The molecule has 1 saturated heterocycles. The average molecular weight is 257 g/mol. The normalized spacial score (nSPS) is 17.3. The first kappa shape index (κ1) is 15.0. The molecular weight excluding hydrogens is 234 g/mol. The van der Waals surface area contributed by atoms with Gasteiger partial charge in [-0.2, -0.15) is 0 Å². The van der Waals surface area contributed by atoms with Crippen molar-refractivity contribution in [3.8, 4) is 0 Å². The zero-order valence-corrected chi connectivity index (χ0v) is 11.5. The number of rotatable bonds is 3. The van der Waals surface area contributed by atoms with Gasteiger partial charge in [0.15, 0.2) is 0 Å². The number of carbonyl (C=O) groups is 2. The highest BCUT2D eigenvalue weighted by Crippen LogP contribution is 2.18. The molecule has 0 atom stereocenters. The number of carbonyl (C=O) groups excluding carboxylic acids is 2. The number of ether oxygens (including phenoxy) is 2. The lowest BCUT2D eigenvalue weighted by atomic mass is 9.93. The summed E-state index contributed by atoms with van der Waals surface area (Å²) in [6, 6.07) is 0. The molecule has 0 amide bonds. The molecule has 18 heavy (non-hydrogen) atoms. The van der Waals surface area contributed by atoms with Crippen molar-refractivity contribution in [2.24, 2.45) is 5.92 Å². The summed E-state index contributed by atoms with van der Waals surface area (Å²) in [7, 11) is 0. The SMILES string of the molecule is CC(C)(C)OC(=O)OC(=O)CCC1CCNCC1. The summed E-state index contributed by atoms with van der Waals surface area (Å²) in [5.74, 6) is 0.0558. The number of hydrogen-bond donors (Lipinski definition) is 1. The van der Waals surface area contributed by atoms with Crippen LogP contribution in [0.15, 0.2) is 0 Å². The van der Waals surface area contributed by atoms with E-state index in [0.29, 0.717) is 5.92 Å². The predicted molar refractivity (Wildman–Crippen MR) is 67.2 cm³/mol. The molecule has 0 unspecified atom stereocenters. The summed E-state index contributed by atoms with van der Waals surface area (Å²) in [4.78, 5) is 22.7. The summed E-state index contributed by atoms with van der Waals surface area (Å²) in [6.45, 7) is 7.20. The molecule has 104 valence electrons. The Labute approximate surface area is 108 Å². The highest BCUT2D eigenvalue weighted by atomic mass is 16.7. The second-order valence-corrected chi connectivity index (χ2v) is 5.67. The Balaban J connectivity index is 2.18. The van der Waals surface area contributed by atoms with Crippen LogP contribution in [0.3, 0.4) is 0 Å². The Hall–Kier alpha value is -1.10. The number of nitrogens with one attached hydrogen (secondary N) is 1. The molecule has 1 aliphatic rings. The van der Waals surface area contributed by atoms with Gasteiger partial charge >= 0.3 is 12.1 Å². The highest BCUT2D eigenvalue weighted by Gasteiger charge is 2.21. The van der Waals surface area contributed by atoms with Crippen LogP contribution in [-0.4, -0.2) is 30.8 Å². The van der Waals surface area contributed by atoms with Gasteiger partial charge in [-0.15, -0.1) is 0 Å². The van der Waals surface area contributed by atoms with E-state index in [-0.39, 0.29) is 6.42 Å². The van der Waals surface area contributed by atoms with Crippen LogP contribution in [-0.2, 0) is 14.3 Å². The molecule has 1 rings (SSSR count). The molecule has 0 spiro atoms. The third-order valence-electron chi connectivity index (χ3n) is 2.80. The first-order valence-corrected chi connectivity index (χ1v) is 6.51. The van der Waals surface area contributed by atoms with Crippen molar-refractivity contribution in [1.29, 1.82) is 0 Å². The summed E-state index contributed by atoms with van der Waals surface area (Å²) >= 11 is 0. The van der Waals surface area contributed by atoms with Crippen molar-refractivity contribution < 1.29 is 19.1 Å². The lowest BCUT2D eigenvalue weighted by Crippen LogP contribution is -2.28. The Kier molecular flexibility index (Phi) is 5.59. The lowest BCUT2D eigenvalue weighted by molar-refractivity contribution is -0.141. The zero-order valence-electron chi connectivity index (χ0n) is 11.5. The van der Waals surface area contributed by atoms with Gasteiger partial charge in [0.2, 0.25) is 0 Å². The van der Waals surface area contributed by atoms with Crippen molar-refractivity contribution in [2.75, 3.05) is 13.1 Å². The molecule has 0 aromatic carbocycles. The van der Waals surface area contributed by atoms with Gasteiger partial charge in [0.25, 0.3) is 0 Å². The van der Waals surface area contributed by atoms with E-state index >= 15 is 0 Å². The van der Waals surface area contributed by atoms with Gasteiger partial charge in [-0.25, -0.2) is 4.79 Å². The molecular formula is C13H23NO4. The second kappa shape index (κ2) is 6.73. The molecule has 0 aromatic rings. The van der Waals surface area contributed by atoms with Crippen LogP contribution in [0, 0.1) is 5.92 Å². The Morgan fingerprint density at radius 3 is 2.39 bits per heavy atom. The lowest BCUT2D eigenvalue weighted by Gasteiger charge is -2.22. The largest absolute Gasteiger partial charge is 0.516 e. The fourth-order valence-corrected chi connectivity index (χ4v) is 1.91. The molecule has 0 bridgehead atoms. The van der Waals surface area contributed by atoms with Gasteiger partial charge in [0, 0.05) is 6.42 Å². The van der Waals surface area contributed by atoms with Gasteiger partial charge in [-0.05, 0) is 59.0 Å². The molecule has 5 nitrogen and oxygen atoms in total. The monoisotopic (exact) mass is 257 g/mol. The summed E-state index contributed by atoms with van der Waals surface area (Å²) in [6.07, 6.45) is 2.32. The van der Waals surface area contributed by atoms with E-state index in [1.807, 2.05) is 0 Å². The molecule has 5 heteroatoms. The Bertz CT molecular complexity index is 290. The number of piperidine rings is 1. The maximum atomic E-state index is 11.4. The van der Waals surface area contributed by atoms with Gasteiger partial charge in [0.1, 0.15) is 5.60 Å². The number of esters is 1. The summed E-state index contributed by atoms with van der Waals surface area (Å²) in [5.41, 5.74) is -0.633. The van der Waals surface area contributed by atoms with E-state index in [0.717, 1.165) is 32.4 Å². The third kappa shape index (κ3) is 6.59. The average Bonchev–Trinajstić information content (AvgIpc) is 2.25. The first-order chi connectivity index (χ1) is 8.37. The highest BCUT2D eigenvalue weighted by molar-refractivity contribution is 5.81. The van der Waals surface area contributed by atoms with Crippen LogP contribution in [0.2, 0.25) is 0 Å². The van der Waals surface area contributed by atoms with Crippen molar-refractivity contribution in [3.05, 3.63) is 0 Å². The maximum absolute atomic E-state index is 11.4. The van der Waals surface area contributed by atoms with E-state index < -0.39 is 17.7 Å². The van der Waals surface area contributed by atoms with Crippen molar-refractivity contribution >= 4 is 12.1 Å². The Morgan fingerprint density at radius 2 is 1.83 bits per heavy atom. The van der Waals surface area contributed by atoms with Crippen LogP contribution in [0.5, 0.6) is 0 Å². The van der Waals surface area contributed by atoms with Crippen LogP contribution in [0.4, 0.5) is 4.79 Å². The molecule has 1 fully saturated rings. The van der Waals surface area contributed by atoms with Crippen molar-refractivity contribution in [3.63, 3.8) is 0 Å². The predicted octanol–water partition coefficient (Wildman–Crippen LogP) is 2.24. The van der Waals surface area contributed by atoms with Gasteiger partial charge in [-0.1, -0.05) is 0 Å². The van der Waals surface area contributed by atoms with E-state index in [4.69, 9.17) is 4.74 Å². The Morgan fingerprint density at radius 1 is 1.22 bits per heavy atom. The summed E-state index contributed by atoms with van der Waals surface area (Å²) < 4.78 is 9.51. The van der Waals surface area contributed by atoms with Gasteiger partial charge < -0.3 is 14.8 Å². The minimum absolute atomic E-state index is 0.282. The molecule has 0 aromatic heterocycles. The van der Waals surface area contributed by atoms with Crippen molar-refractivity contribution in [1.82, 2.24) is 5.32 Å². The van der Waals surface area contributed by atoms with E-state index in [1.54, 1.807) is 20.8 Å². The molecule has 1 heterocycles. The smallest absolute Gasteiger partial charge is 0.428 e. The molecule has 0 radical (unpaired) electrons. The van der Waals surface area contributed by atoms with E-state index in [1.165, 1.54) is 0 Å². The zero-order chi connectivity index (χ0) is 13.6. The molecule has 1 aliphatic heterocycles. The molecule has 0 saturated carbocycles. The number of hydrogen-bond acceptors (Lipinski definition) is 5. The minimum Gasteiger partial charge on any atom is -0.428 e. The minimum atomic E-state index is -0.905. The third-order valence-corrected chi connectivity index (χ3v) is 2.80. The molecule has 1 N–H and O–H groups in total. The van der Waals surface area contributed by atoms with E-state index in [2.05, 4.69) is 10.1 Å². The van der Waals surface area contributed by atoms with Crippen LogP contribution < -0.4 is 5.32 Å². The standard InChI is InChI=1S/C13H23NO4/c1-13(2,3)18-12(16)17-11(15)5-4-10-6-8-14-9-7-10/h10,14H,4-9H2,1-3H3. The van der Waals surface area contributed by atoms with Crippen molar-refractivity contribution in [2.45, 2.75) is 52.1 Å². The van der Waals surface area contributed by atoms with E-state index in [9.17, 15) is 9.59 Å². The second-order valence-electron chi connectivity index (χ2n) is 5.67. The maximum Gasteiger partial charge on any atom is 0.516 e. The summed E-state index contributed by atoms with van der Waals surface area (Å²) in [5, 5.41) is 3.27. The quantitative estimate of drug-likeness (QED) is 0.620. The van der Waals surface area contributed by atoms with Crippen LogP contribution in [0.25, 0.3) is 0 Å². The van der Waals surface area contributed by atoms with Gasteiger partial charge in [-0.3, -0.25) is 4.79 Å². The topological polar surface area (TPSA) is 64.6 Å². The fraction of sp³-hybridized carbons (Fsp3) is 0.846. The van der Waals surface area contributed by atoms with Crippen LogP contribution in [0.1, 0.15) is 46.5 Å². The first-order valence-electron chi connectivity index (χ1n) is 6.51.